The van der Waals surface area contributed by atoms with E-state index in [4.69, 9.17) is 90.0 Å². The first-order valence-electron chi connectivity index (χ1n) is 40.8. The molecule has 58 heteroatoms. The van der Waals surface area contributed by atoms with Crippen LogP contribution in [0.2, 0.25) is 0 Å². The average Bonchev–Trinajstić information content (AvgIpc) is 0.745. The Morgan fingerprint density at radius 1 is 0.302 bits per heavy atom. The van der Waals surface area contributed by atoms with Gasteiger partial charge in [-0.25, -0.2) is 4.79 Å². The molecule has 58 nitrogen and oxygen atoms in total. The molecule has 0 saturated carbocycles. The van der Waals surface area contributed by atoms with Crippen LogP contribution in [-0.4, -0.2) is 561 Å². The number of carboxylic acids is 1. The maximum Gasteiger partial charge on any atom is 0.364 e. The summed E-state index contributed by atoms with van der Waals surface area (Å²) >= 11 is 0. The molecule has 10 heterocycles. The third-order valence-electron chi connectivity index (χ3n) is 23.5. The molecule has 0 aromatic carbocycles. The van der Waals surface area contributed by atoms with Gasteiger partial charge in [0.2, 0.25) is 23.6 Å². The van der Waals surface area contributed by atoms with Gasteiger partial charge in [-0.05, 0) is 0 Å². The van der Waals surface area contributed by atoms with Gasteiger partial charge in [0.25, 0.3) is 5.79 Å². The first-order chi connectivity index (χ1) is 61.0. The summed E-state index contributed by atoms with van der Waals surface area (Å²) in [6, 6.07) is -8.04. The second kappa shape index (κ2) is 46.1. The third kappa shape index (κ3) is 23.1. The number of nitrogens with one attached hydrogen (secondary N) is 4. The van der Waals surface area contributed by atoms with Gasteiger partial charge in [-0.3, -0.25) is 19.2 Å². The minimum atomic E-state index is -3.50. The van der Waals surface area contributed by atoms with E-state index < -0.39 is 414 Å². The number of rotatable bonds is 35. The molecule has 746 valence electrons. The molecule has 0 radical (unpaired) electrons. The van der Waals surface area contributed by atoms with Crippen LogP contribution in [0.1, 0.15) is 34.1 Å². The standard InChI is InChI=1S/C71H118N4O54/c1-16(86)72-31-20(90)5-71(70(109)110,128-56(31)35(92)21(91)6-76)129-60-50(107)69(122-53-27(12-82)111-61(108)45(102)44(53)101)119-30(15-85)54(60)123-64-34(75-19(4)89)55(37(94)23(8-78)112-64)124-68-48(105)58(39(96)25(10-80)116-68)126-63-33(74-18(3)88)41(98)51(28(13-83)118-63)120-66-47(104)57(38(95)24(9-79)114-66)125-62-32(73-17(2)87)42(99)52(29(14-84)117-62)121-67-49(106)59(40(97)26(11-81)115-67)127-65-46(103)43(100)36(93)22(7-77)113-65/h20-69,76-85,90-108H,5-15H2,1-4H3,(H,72,86)(H,73,87)(H,74,88)(H,75,89)(H,109,110)/t20-,21+,22+,23+,24+,25+,26+,27+,28+,29+,30+,31+,32+,33+,34+,35+,36-,37-,38-,39-,40-,41+,42+,43-,44+,45+,46+,47+,48+,49+,50+,51+,52+,53+,54-,55+,56+,57-,58-,59-,60+,61+,62-,63-,64-,65+,66-,67-,68-,69-,71-/m0/s1. The highest BCUT2D eigenvalue weighted by Crippen LogP contribution is 2.44. The SMILES string of the molecule is CC(=O)N[C@H]1[C@H](O[C@H]2[C@@H](O)[C@@H](CO)O[C@@H](O[C@H]3[C@@H](O)[C@@H](CO)O[C@@H](O[C@@H]4[C@H](O[C@]5(C(=O)O)C[C@H](O)[C@@H](NC(C)=O)[C@H]([C@H](O)[C@H](O)CO)O5)[C@@H](O)[C@H](O[C@H]5[C@H](O)[C@@H](O)[C@H](O)O[C@@H]5CO)O[C@@H]4CO)[C@@H]3NC(C)=O)[C@@H]2O)O[C@H](CO)[C@@H](O[C@@H]2O[C@H](CO)[C@H](O)[C@H](O[C@@H]3O[C@H](CO)[C@@H](O[C@@H]4O[C@H](CO)[C@H](O)[C@H](O[C@H]5O[C@H](CO)[C@H](O)[C@H](O)[C@H]5O)[C@H]4O)[C@H](O)[C@H]3NC(C)=O)[C@H]2O)[C@@H]1O. The maximum absolute atomic E-state index is 13.8. The van der Waals surface area contributed by atoms with Crippen molar-refractivity contribution in [1.29, 1.82) is 0 Å². The van der Waals surface area contributed by atoms with Gasteiger partial charge in [0, 0.05) is 34.1 Å². The number of hydrogen-bond acceptors (Lipinski definition) is 53. The molecule has 10 rings (SSSR count). The van der Waals surface area contributed by atoms with E-state index >= 15 is 0 Å². The van der Waals surface area contributed by atoms with Gasteiger partial charge >= 0.3 is 5.97 Å². The van der Waals surface area contributed by atoms with Gasteiger partial charge in [-0.1, -0.05) is 0 Å². The van der Waals surface area contributed by atoms with Crippen LogP contribution in [0.15, 0.2) is 0 Å². The molecule has 10 fully saturated rings. The Labute approximate surface area is 728 Å². The Morgan fingerprint density at radius 2 is 0.589 bits per heavy atom. The molecule has 0 unspecified atom stereocenters. The summed E-state index contributed by atoms with van der Waals surface area (Å²) in [6.07, 6.45) is -102. The highest BCUT2D eigenvalue weighted by molar-refractivity contribution is 5.77. The number of aliphatic hydroxyl groups excluding tert-OH is 29. The number of aliphatic hydroxyl groups is 29. The third-order valence-corrected chi connectivity index (χ3v) is 23.5. The van der Waals surface area contributed by atoms with E-state index in [2.05, 4.69) is 21.3 Å². The fourth-order valence-electron chi connectivity index (χ4n) is 16.8. The lowest BCUT2D eigenvalue weighted by Gasteiger charge is -2.53. The molecule has 0 aromatic heterocycles. The van der Waals surface area contributed by atoms with Crippen LogP contribution in [0.4, 0.5) is 0 Å². The van der Waals surface area contributed by atoms with Crippen LogP contribution in [0.25, 0.3) is 0 Å². The molecule has 0 aromatic rings. The Kier molecular flexibility index (Phi) is 38.0. The summed E-state index contributed by atoms with van der Waals surface area (Å²) in [5, 5.41) is 343. The molecular weight excluding hydrogens is 1770 g/mol. The minimum Gasteiger partial charge on any atom is -0.477 e. The number of carbonyl (C=O) groups is 5. The van der Waals surface area contributed by atoms with E-state index in [9.17, 15) is 177 Å². The van der Waals surface area contributed by atoms with Crippen LogP contribution >= 0.6 is 0 Å². The Hall–Kier alpha value is -4.57. The van der Waals surface area contributed by atoms with Crippen molar-refractivity contribution in [3.8, 4) is 0 Å². The molecule has 4 amide bonds. The zero-order valence-electron chi connectivity index (χ0n) is 68.9. The number of carbonyl (C=O) groups excluding carboxylic acids is 4. The van der Waals surface area contributed by atoms with Crippen LogP contribution in [-0.2, 0) is 114 Å². The molecule has 10 aliphatic rings. The number of ether oxygens (including phenoxy) is 19. The Balaban J connectivity index is 0.894. The second-order valence-electron chi connectivity index (χ2n) is 32.4. The van der Waals surface area contributed by atoms with Crippen molar-refractivity contribution in [2.24, 2.45) is 0 Å². The Bertz CT molecular complexity index is 3550. The van der Waals surface area contributed by atoms with Crippen molar-refractivity contribution in [1.82, 2.24) is 21.3 Å². The second-order valence-corrected chi connectivity index (χ2v) is 32.4. The summed E-state index contributed by atoms with van der Waals surface area (Å²) in [5.41, 5.74) is 0. The molecule has 51 atom stereocenters. The molecule has 34 N–H and O–H groups in total. The van der Waals surface area contributed by atoms with Crippen LogP contribution in [0.3, 0.4) is 0 Å². The molecule has 129 heavy (non-hydrogen) atoms. The van der Waals surface area contributed by atoms with Gasteiger partial charge in [-0.15, -0.1) is 0 Å². The summed E-state index contributed by atoms with van der Waals surface area (Å²) in [6.45, 7) is -8.33. The average molecular weight is 1890 g/mol. The Morgan fingerprint density at radius 3 is 0.977 bits per heavy atom. The first kappa shape index (κ1) is 106. The van der Waals surface area contributed by atoms with E-state index in [1.807, 2.05) is 0 Å². The van der Waals surface area contributed by atoms with Crippen LogP contribution in [0, 0.1) is 0 Å². The van der Waals surface area contributed by atoms with Gasteiger partial charge in [-0.2, -0.15) is 0 Å². The summed E-state index contributed by atoms with van der Waals surface area (Å²) in [5.74, 6) is -9.78. The summed E-state index contributed by atoms with van der Waals surface area (Å²) in [4.78, 5) is 65.8. The quantitative estimate of drug-likeness (QED) is 0.0280. The van der Waals surface area contributed by atoms with Gasteiger partial charge < -0.3 is 264 Å². The van der Waals surface area contributed by atoms with E-state index in [1.165, 1.54) is 0 Å². The van der Waals surface area contributed by atoms with Crippen molar-refractivity contribution in [3.05, 3.63) is 0 Å². The highest BCUT2D eigenvalue weighted by atomic mass is 16.8. The predicted octanol–water partition coefficient (Wildman–Crippen LogP) is -23.0. The lowest BCUT2D eigenvalue weighted by molar-refractivity contribution is -0.404. The van der Waals surface area contributed by atoms with E-state index in [0.29, 0.717) is 0 Å². The number of amides is 4. The zero-order chi connectivity index (χ0) is 95.3. The summed E-state index contributed by atoms with van der Waals surface area (Å²) in [7, 11) is 0. The highest BCUT2D eigenvalue weighted by Gasteiger charge is 2.65. The van der Waals surface area contributed by atoms with E-state index in [0.717, 1.165) is 27.7 Å². The minimum absolute atomic E-state index is 0.849. The fraction of sp³-hybridized carbons (Fsp3) is 0.930. The van der Waals surface area contributed by atoms with E-state index in [-0.39, 0.29) is 0 Å². The number of hydrogen-bond donors (Lipinski definition) is 34. The van der Waals surface area contributed by atoms with Crippen molar-refractivity contribution in [2.45, 2.75) is 347 Å². The van der Waals surface area contributed by atoms with Gasteiger partial charge in [0.15, 0.2) is 56.6 Å². The molecule has 0 bridgehead atoms. The molecular formula is C71H118N4O54. The van der Waals surface area contributed by atoms with E-state index in [1.54, 1.807) is 0 Å². The molecule has 10 aliphatic heterocycles. The molecule has 10 saturated heterocycles. The van der Waals surface area contributed by atoms with Crippen LogP contribution < -0.4 is 21.3 Å². The first-order valence-corrected chi connectivity index (χ1v) is 40.8. The fourth-order valence-corrected chi connectivity index (χ4v) is 16.8. The normalized spacial score (nSPS) is 48.1. The lowest BCUT2D eigenvalue weighted by atomic mass is 9.88. The van der Waals surface area contributed by atoms with Crippen LogP contribution in [0.5, 0.6) is 0 Å². The zero-order valence-corrected chi connectivity index (χ0v) is 68.9. The topological polar surface area (TPSA) is 916 Å². The maximum atomic E-state index is 13.8. The smallest absolute Gasteiger partial charge is 0.364 e. The lowest BCUT2D eigenvalue weighted by Crippen LogP contribution is -2.72. The van der Waals surface area contributed by atoms with Crippen molar-refractivity contribution in [2.75, 3.05) is 66.1 Å². The van der Waals surface area contributed by atoms with Crippen molar-refractivity contribution in [3.63, 3.8) is 0 Å². The van der Waals surface area contributed by atoms with Gasteiger partial charge in [0.1, 0.15) is 238 Å². The van der Waals surface area contributed by atoms with Crippen molar-refractivity contribution < 1.29 is 267 Å². The monoisotopic (exact) mass is 1890 g/mol. The summed E-state index contributed by atoms with van der Waals surface area (Å²) < 4.78 is 112. The predicted molar refractivity (Wildman–Crippen MR) is 393 cm³/mol. The van der Waals surface area contributed by atoms with Gasteiger partial charge in [0.05, 0.1) is 78.2 Å². The molecule has 0 spiro atoms. The number of carboxylic acid groups (broad SMARTS) is 1. The molecule has 0 aliphatic carbocycles. The van der Waals surface area contributed by atoms with Crippen molar-refractivity contribution >= 4 is 29.6 Å². The largest absolute Gasteiger partial charge is 0.477 e. The number of aliphatic carboxylic acids is 1.